The van der Waals surface area contributed by atoms with Crippen LogP contribution in [-0.2, 0) is 11.3 Å². The number of anilines is 1. The smallest absolute Gasteiger partial charge is 0.272 e. The second kappa shape index (κ2) is 9.86. The lowest BCUT2D eigenvalue weighted by Crippen LogP contribution is -2.16. The van der Waals surface area contributed by atoms with Gasteiger partial charge in [-0.2, -0.15) is 5.10 Å². The summed E-state index contributed by atoms with van der Waals surface area (Å²) < 4.78 is 5.27. The van der Waals surface area contributed by atoms with Crippen molar-refractivity contribution in [2.75, 3.05) is 11.9 Å². The van der Waals surface area contributed by atoms with E-state index in [1.807, 2.05) is 54.6 Å². The Bertz CT molecular complexity index is 1210. The Labute approximate surface area is 179 Å². The molecule has 0 aliphatic carbocycles. The minimum Gasteiger partial charge on any atom is -0.468 e. The molecule has 0 unspecified atom stereocenters. The SMILES string of the molecule is O=C(CCCCNCc1ccco1)Nc1cccc(-c2n[nH]c(=O)c3ccccc23)c1. The summed E-state index contributed by atoms with van der Waals surface area (Å²) in [5.41, 5.74) is 1.99. The Morgan fingerprint density at radius 3 is 2.71 bits per heavy atom. The van der Waals surface area contributed by atoms with Crippen molar-refractivity contribution in [2.45, 2.75) is 25.8 Å². The highest BCUT2D eigenvalue weighted by molar-refractivity contribution is 5.95. The molecule has 2 aromatic heterocycles. The predicted octanol–water partition coefficient (Wildman–Crippen LogP) is 4.08. The maximum atomic E-state index is 12.3. The van der Waals surface area contributed by atoms with Crippen molar-refractivity contribution in [3.05, 3.63) is 83.0 Å². The molecule has 0 fully saturated rings. The van der Waals surface area contributed by atoms with Crippen LogP contribution in [0.2, 0.25) is 0 Å². The lowest BCUT2D eigenvalue weighted by atomic mass is 10.0. The monoisotopic (exact) mass is 416 g/mol. The van der Waals surface area contributed by atoms with E-state index in [0.29, 0.717) is 29.7 Å². The molecule has 0 radical (unpaired) electrons. The van der Waals surface area contributed by atoms with Gasteiger partial charge in [-0.25, -0.2) is 5.10 Å². The zero-order chi connectivity index (χ0) is 21.5. The number of carbonyl (C=O) groups excluding carboxylic acids is 1. The molecule has 1 amide bonds. The molecular formula is C24H24N4O3. The Balaban J connectivity index is 1.32. The number of rotatable bonds is 9. The normalized spacial score (nSPS) is 11.0. The second-order valence-corrected chi connectivity index (χ2v) is 7.29. The molecule has 0 aliphatic heterocycles. The zero-order valence-electron chi connectivity index (χ0n) is 17.1. The minimum absolute atomic E-state index is 0.0255. The molecule has 4 rings (SSSR count). The van der Waals surface area contributed by atoms with Crippen LogP contribution in [-0.4, -0.2) is 22.6 Å². The summed E-state index contributed by atoms with van der Waals surface area (Å²) in [5.74, 6) is 0.879. The maximum Gasteiger partial charge on any atom is 0.272 e. The van der Waals surface area contributed by atoms with Gasteiger partial charge in [-0.15, -0.1) is 0 Å². The maximum absolute atomic E-state index is 12.3. The molecule has 0 saturated heterocycles. The first kappa shape index (κ1) is 20.6. The quantitative estimate of drug-likeness (QED) is 0.357. The summed E-state index contributed by atoms with van der Waals surface area (Å²) in [4.78, 5) is 24.3. The van der Waals surface area contributed by atoms with E-state index >= 15 is 0 Å². The third-order valence-electron chi connectivity index (χ3n) is 5.00. The molecule has 0 saturated carbocycles. The van der Waals surface area contributed by atoms with Gasteiger partial charge in [0, 0.05) is 23.1 Å². The number of nitrogens with one attached hydrogen (secondary N) is 3. The van der Waals surface area contributed by atoms with Gasteiger partial charge in [0.05, 0.1) is 23.9 Å². The fourth-order valence-corrected chi connectivity index (χ4v) is 3.46. The topological polar surface area (TPSA) is 100 Å². The largest absolute Gasteiger partial charge is 0.468 e. The van der Waals surface area contributed by atoms with Crippen LogP contribution in [0.3, 0.4) is 0 Å². The number of carbonyl (C=O) groups is 1. The van der Waals surface area contributed by atoms with Crippen molar-refractivity contribution in [1.29, 1.82) is 0 Å². The number of unbranched alkanes of at least 4 members (excludes halogenated alkanes) is 1. The summed E-state index contributed by atoms with van der Waals surface area (Å²) in [6.07, 6.45) is 3.81. The van der Waals surface area contributed by atoms with Crippen LogP contribution in [0.1, 0.15) is 25.0 Å². The highest BCUT2D eigenvalue weighted by Gasteiger charge is 2.10. The molecule has 2 aromatic carbocycles. The van der Waals surface area contributed by atoms with Gasteiger partial charge >= 0.3 is 0 Å². The Kier molecular flexibility index (Phi) is 6.54. The number of fused-ring (bicyclic) bond motifs is 1. The van der Waals surface area contributed by atoms with Crippen molar-refractivity contribution in [1.82, 2.24) is 15.5 Å². The van der Waals surface area contributed by atoms with Crippen LogP contribution in [0, 0.1) is 0 Å². The van der Waals surface area contributed by atoms with Crippen molar-refractivity contribution in [2.24, 2.45) is 0 Å². The number of amides is 1. The van der Waals surface area contributed by atoms with Gasteiger partial charge in [0.15, 0.2) is 0 Å². The summed E-state index contributed by atoms with van der Waals surface area (Å²) >= 11 is 0. The lowest BCUT2D eigenvalue weighted by molar-refractivity contribution is -0.116. The van der Waals surface area contributed by atoms with Crippen molar-refractivity contribution >= 4 is 22.4 Å². The van der Waals surface area contributed by atoms with Crippen molar-refractivity contribution in [3.8, 4) is 11.3 Å². The predicted molar refractivity (Wildman–Crippen MR) is 121 cm³/mol. The lowest BCUT2D eigenvalue weighted by Gasteiger charge is -2.09. The summed E-state index contributed by atoms with van der Waals surface area (Å²) in [7, 11) is 0. The van der Waals surface area contributed by atoms with E-state index in [9.17, 15) is 9.59 Å². The van der Waals surface area contributed by atoms with Gasteiger partial charge in [0.25, 0.3) is 5.56 Å². The summed E-state index contributed by atoms with van der Waals surface area (Å²) in [5, 5.41) is 14.4. The molecule has 7 nitrogen and oxygen atoms in total. The third kappa shape index (κ3) is 5.26. The minimum atomic E-state index is -0.220. The van der Waals surface area contributed by atoms with Gasteiger partial charge < -0.3 is 15.1 Å². The summed E-state index contributed by atoms with van der Waals surface area (Å²) in [6, 6.07) is 18.6. The van der Waals surface area contributed by atoms with Gasteiger partial charge in [-0.05, 0) is 49.7 Å². The van der Waals surface area contributed by atoms with Crippen molar-refractivity contribution in [3.63, 3.8) is 0 Å². The standard InChI is InChI=1S/C24H24N4O3/c29-22(12-3-4-13-25-16-19-9-6-14-31-19)26-18-8-5-7-17(15-18)23-20-10-1-2-11-21(20)24(30)28-27-23/h1-2,5-11,14-15,25H,3-4,12-13,16H2,(H,26,29)(H,28,30). The molecule has 2 heterocycles. The number of benzene rings is 2. The van der Waals surface area contributed by atoms with E-state index in [0.717, 1.165) is 36.1 Å². The molecule has 158 valence electrons. The highest BCUT2D eigenvalue weighted by atomic mass is 16.3. The van der Waals surface area contributed by atoms with Crippen molar-refractivity contribution < 1.29 is 9.21 Å². The molecule has 4 aromatic rings. The van der Waals surface area contributed by atoms with Crippen LogP contribution < -0.4 is 16.2 Å². The average molecular weight is 416 g/mol. The number of nitrogens with zero attached hydrogens (tertiary/aromatic N) is 1. The number of furan rings is 1. The fourth-order valence-electron chi connectivity index (χ4n) is 3.46. The molecule has 0 atom stereocenters. The van der Waals surface area contributed by atoms with Gasteiger partial charge in [0.2, 0.25) is 5.91 Å². The van der Waals surface area contributed by atoms with Crippen LogP contribution >= 0.6 is 0 Å². The van der Waals surface area contributed by atoms with Crippen LogP contribution in [0.15, 0.2) is 76.1 Å². The molecule has 3 N–H and O–H groups in total. The number of hydrogen-bond donors (Lipinski definition) is 3. The highest BCUT2D eigenvalue weighted by Crippen LogP contribution is 2.26. The molecule has 0 aliphatic rings. The van der Waals surface area contributed by atoms with E-state index < -0.39 is 0 Å². The fraction of sp³-hybridized carbons (Fsp3) is 0.208. The Morgan fingerprint density at radius 1 is 1.00 bits per heavy atom. The number of hydrogen-bond acceptors (Lipinski definition) is 5. The molecule has 0 bridgehead atoms. The third-order valence-corrected chi connectivity index (χ3v) is 5.00. The van der Waals surface area contributed by atoms with E-state index in [1.165, 1.54) is 0 Å². The van der Waals surface area contributed by atoms with Gasteiger partial charge in [0.1, 0.15) is 5.76 Å². The Morgan fingerprint density at radius 2 is 1.87 bits per heavy atom. The average Bonchev–Trinajstić information content (AvgIpc) is 3.30. The summed E-state index contributed by atoms with van der Waals surface area (Å²) in [6.45, 7) is 1.52. The number of aromatic amines is 1. The molecule has 7 heteroatoms. The second-order valence-electron chi connectivity index (χ2n) is 7.29. The zero-order valence-corrected chi connectivity index (χ0v) is 17.1. The van der Waals surface area contributed by atoms with E-state index in [4.69, 9.17) is 4.42 Å². The van der Waals surface area contributed by atoms with Gasteiger partial charge in [-0.1, -0.05) is 30.3 Å². The number of aromatic nitrogens is 2. The van der Waals surface area contributed by atoms with Crippen LogP contribution in [0.25, 0.3) is 22.0 Å². The Hall–Kier alpha value is -3.71. The number of H-pyrrole nitrogens is 1. The molecule has 0 spiro atoms. The van der Waals surface area contributed by atoms with Gasteiger partial charge in [-0.3, -0.25) is 9.59 Å². The van der Waals surface area contributed by atoms with E-state index in [2.05, 4.69) is 20.8 Å². The first-order valence-electron chi connectivity index (χ1n) is 10.3. The van der Waals surface area contributed by atoms with Crippen LogP contribution in [0.5, 0.6) is 0 Å². The van der Waals surface area contributed by atoms with E-state index in [1.54, 1.807) is 12.3 Å². The van der Waals surface area contributed by atoms with E-state index in [-0.39, 0.29) is 11.5 Å². The molecule has 31 heavy (non-hydrogen) atoms. The first-order chi connectivity index (χ1) is 15.2. The molecular weight excluding hydrogens is 392 g/mol. The first-order valence-corrected chi connectivity index (χ1v) is 10.3. The van der Waals surface area contributed by atoms with Crippen LogP contribution in [0.4, 0.5) is 5.69 Å².